The van der Waals surface area contributed by atoms with Gasteiger partial charge < -0.3 is 15.2 Å². The van der Waals surface area contributed by atoms with Crippen LogP contribution in [0.15, 0.2) is 29.2 Å². The van der Waals surface area contributed by atoms with Gasteiger partial charge >= 0.3 is 6.36 Å². The summed E-state index contributed by atoms with van der Waals surface area (Å²) in [4.78, 5) is -0.537. The minimum atomic E-state index is -4.98. The van der Waals surface area contributed by atoms with Gasteiger partial charge in [0.05, 0.1) is 12.7 Å². The Bertz CT molecular complexity index is 621. The molecule has 22 heavy (non-hydrogen) atoms. The van der Waals surface area contributed by atoms with Crippen molar-refractivity contribution in [3.8, 4) is 5.75 Å². The number of morpholine rings is 1. The molecule has 0 amide bonds. The zero-order valence-corrected chi connectivity index (χ0v) is 12.2. The first kappa shape index (κ1) is 17.0. The van der Waals surface area contributed by atoms with Crippen LogP contribution in [0.2, 0.25) is 0 Å². The summed E-state index contributed by atoms with van der Waals surface area (Å²) in [6.45, 7) is 0.272. The number of nitrogens with zero attached hydrogens (tertiary/aromatic N) is 1. The molecule has 124 valence electrons. The van der Waals surface area contributed by atoms with Crippen molar-refractivity contribution < 1.29 is 31.1 Å². The van der Waals surface area contributed by atoms with Gasteiger partial charge in [0.2, 0.25) is 10.0 Å². The van der Waals surface area contributed by atoms with E-state index in [1.165, 1.54) is 12.1 Å². The van der Waals surface area contributed by atoms with Crippen LogP contribution in [-0.2, 0) is 14.8 Å². The molecule has 0 saturated carbocycles. The third kappa shape index (κ3) is 3.88. The molecule has 1 atom stereocenters. The number of benzene rings is 1. The van der Waals surface area contributed by atoms with Gasteiger partial charge in [0, 0.05) is 19.6 Å². The van der Waals surface area contributed by atoms with Crippen molar-refractivity contribution in [2.24, 2.45) is 5.73 Å². The fourth-order valence-electron chi connectivity index (χ4n) is 2.06. The zero-order valence-electron chi connectivity index (χ0n) is 11.4. The number of halogens is 3. The van der Waals surface area contributed by atoms with Crippen molar-refractivity contribution in [1.82, 2.24) is 4.31 Å². The van der Waals surface area contributed by atoms with E-state index in [0.717, 1.165) is 16.4 Å². The first-order chi connectivity index (χ1) is 10.2. The molecule has 0 spiro atoms. The zero-order chi connectivity index (χ0) is 16.4. The third-order valence-electron chi connectivity index (χ3n) is 3.06. The van der Waals surface area contributed by atoms with Gasteiger partial charge in [-0.3, -0.25) is 0 Å². The molecule has 0 aromatic heterocycles. The van der Waals surface area contributed by atoms with Crippen molar-refractivity contribution in [3.05, 3.63) is 24.3 Å². The summed E-state index contributed by atoms with van der Waals surface area (Å²) in [5.41, 5.74) is 5.44. The van der Waals surface area contributed by atoms with Gasteiger partial charge in [-0.25, -0.2) is 8.42 Å². The molecule has 1 fully saturated rings. The normalized spacial score (nSPS) is 20.8. The number of hydrogen-bond donors (Lipinski definition) is 1. The van der Waals surface area contributed by atoms with E-state index in [9.17, 15) is 21.6 Å². The van der Waals surface area contributed by atoms with Gasteiger partial charge in [0.25, 0.3) is 0 Å². The predicted molar refractivity (Wildman–Crippen MR) is 70.7 cm³/mol. The Morgan fingerprint density at radius 3 is 2.68 bits per heavy atom. The maximum Gasteiger partial charge on any atom is 0.573 e. The molecular weight excluding hydrogens is 325 g/mol. The van der Waals surface area contributed by atoms with Crippen LogP contribution in [0.25, 0.3) is 0 Å². The lowest BCUT2D eigenvalue weighted by atomic mass is 10.3. The fraction of sp³-hybridized carbons (Fsp3) is 0.500. The van der Waals surface area contributed by atoms with Crippen LogP contribution in [0.1, 0.15) is 0 Å². The summed E-state index contributed by atoms with van der Waals surface area (Å²) in [6.07, 6.45) is -5.46. The molecule has 1 aliphatic rings. The predicted octanol–water partition coefficient (Wildman–Crippen LogP) is 0.933. The number of nitrogens with two attached hydrogens (primary N) is 1. The number of alkyl halides is 3. The first-order valence-electron chi connectivity index (χ1n) is 6.40. The largest absolute Gasteiger partial charge is 0.573 e. The van der Waals surface area contributed by atoms with E-state index in [4.69, 9.17) is 10.5 Å². The first-order valence-corrected chi connectivity index (χ1v) is 7.84. The van der Waals surface area contributed by atoms with E-state index in [-0.39, 0.29) is 26.2 Å². The Morgan fingerprint density at radius 2 is 2.05 bits per heavy atom. The van der Waals surface area contributed by atoms with Gasteiger partial charge in [0.15, 0.2) is 0 Å². The molecule has 0 aliphatic carbocycles. The molecule has 0 bridgehead atoms. The lowest BCUT2D eigenvalue weighted by Gasteiger charge is -2.31. The van der Waals surface area contributed by atoms with E-state index >= 15 is 0 Å². The summed E-state index contributed by atoms with van der Waals surface area (Å²) in [5, 5.41) is 0. The Morgan fingerprint density at radius 1 is 1.36 bits per heavy atom. The van der Waals surface area contributed by atoms with E-state index in [1.807, 2.05) is 0 Å². The summed E-state index contributed by atoms with van der Waals surface area (Å²) < 4.78 is 72.4. The van der Waals surface area contributed by atoms with Crippen molar-refractivity contribution in [2.45, 2.75) is 17.4 Å². The van der Waals surface area contributed by atoms with Crippen LogP contribution < -0.4 is 10.5 Å². The number of para-hydroxylation sites is 1. The fourth-order valence-corrected chi connectivity index (χ4v) is 3.63. The lowest BCUT2D eigenvalue weighted by Crippen LogP contribution is -2.48. The van der Waals surface area contributed by atoms with Crippen LogP contribution in [0.3, 0.4) is 0 Å². The van der Waals surface area contributed by atoms with Crippen molar-refractivity contribution >= 4 is 10.0 Å². The minimum Gasteiger partial charge on any atom is -0.404 e. The second-order valence-electron chi connectivity index (χ2n) is 4.59. The van der Waals surface area contributed by atoms with Gasteiger partial charge in [-0.05, 0) is 12.1 Å². The van der Waals surface area contributed by atoms with E-state index in [1.54, 1.807) is 0 Å². The maximum atomic E-state index is 12.5. The highest BCUT2D eigenvalue weighted by atomic mass is 32.2. The topological polar surface area (TPSA) is 81.9 Å². The molecule has 10 heteroatoms. The molecule has 1 aliphatic heterocycles. The van der Waals surface area contributed by atoms with Gasteiger partial charge in [0.1, 0.15) is 10.6 Å². The molecule has 2 N–H and O–H groups in total. The van der Waals surface area contributed by atoms with Crippen molar-refractivity contribution in [3.63, 3.8) is 0 Å². The van der Waals surface area contributed by atoms with Crippen LogP contribution in [-0.4, -0.2) is 51.4 Å². The van der Waals surface area contributed by atoms with Crippen molar-refractivity contribution in [2.75, 3.05) is 26.2 Å². The molecular formula is C12H15F3N2O4S. The summed E-state index contributed by atoms with van der Waals surface area (Å²) in [6, 6.07) is 4.63. The van der Waals surface area contributed by atoms with Gasteiger partial charge in [-0.1, -0.05) is 12.1 Å². The second-order valence-corrected chi connectivity index (χ2v) is 6.49. The minimum absolute atomic E-state index is 0.0147. The summed E-state index contributed by atoms with van der Waals surface area (Å²) >= 11 is 0. The number of rotatable bonds is 4. The van der Waals surface area contributed by atoms with Gasteiger partial charge in [-0.15, -0.1) is 13.2 Å². The van der Waals surface area contributed by atoms with E-state index in [2.05, 4.69) is 4.74 Å². The number of hydrogen-bond acceptors (Lipinski definition) is 5. The van der Waals surface area contributed by atoms with E-state index in [0.29, 0.717) is 0 Å². The maximum absolute atomic E-state index is 12.5. The van der Waals surface area contributed by atoms with Crippen LogP contribution in [0, 0.1) is 0 Å². The van der Waals surface area contributed by atoms with Crippen molar-refractivity contribution in [1.29, 1.82) is 0 Å². The molecule has 1 unspecified atom stereocenters. The lowest BCUT2D eigenvalue weighted by molar-refractivity contribution is -0.275. The number of sulfonamides is 1. The standard InChI is InChI=1S/C12H15F3N2O4S/c13-12(14,15)21-10-3-1-2-4-11(10)22(18,19)17-5-6-20-9(7-16)8-17/h1-4,9H,5-8,16H2. The Hall–Kier alpha value is -1.36. The average Bonchev–Trinajstić information content (AvgIpc) is 2.46. The summed E-state index contributed by atoms with van der Waals surface area (Å²) in [7, 11) is -4.14. The molecule has 1 aromatic rings. The average molecular weight is 340 g/mol. The smallest absolute Gasteiger partial charge is 0.404 e. The Labute approximate surface area is 125 Å². The van der Waals surface area contributed by atoms with Crippen LogP contribution in [0.4, 0.5) is 13.2 Å². The Balaban J connectivity index is 2.33. The van der Waals surface area contributed by atoms with Gasteiger partial charge in [-0.2, -0.15) is 4.31 Å². The number of ether oxygens (including phenoxy) is 2. The SMILES string of the molecule is NCC1CN(S(=O)(=O)c2ccccc2OC(F)(F)F)CCO1. The van der Waals surface area contributed by atoms with Crippen LogP contribution in [0.5, 0.6) is 5.75 Å². The molecule has 0 radical (unpaired) electrons. The molecule has 6 nitrogen and oxygen atoms in total. The highest BCUT2D eigenvalue weighted by Crippen LogP contribution is 2.31. The molecule has 1 saturated heterocycles. The molecule has 1 heterocycles. The Kier molecular flexibility index (Phi) is 4.95. The molecule has 1 aromatic carbocycles. The molecule has 2 rings (SSSR count). The third-order valence-corrected chi connectivity index (χ3v) is 4.96. The summed E-state index contributed by atoms with van der Waals surface area (Å²) in [5.74, 6) is -0.759. The van der Waals surface area contributed by atoms with Crippen LogP contribution >= 0.6 is 0 Å². The highest BCUT2D eigenvalue weighted by molar-refractivity contribution is 7.89. The highest BCUT2D eigenvalue weighted by Gasteiger charge is 2.36. The quantitative estimate of drug-likeness (QED) is 0.882. The second kappa shape index (κ2) is 6.41. The van der Waals surface area contributed by atoms with E-state index < -0.39 is 33.1 Å². The monoisotopic (exact) mass is 340 g/mol.